The first-order valence-electron chi connectivity index (χ1n) is 30.0. The summed E-state index contributed by atoms with van der Waals surface area (Å²) in [5.41, 5.74) is 0. The van der Waals surface area contributed by atoms with Crippen molar-refractivity contribution in [2.45, 2.75) is 328 Å². The fourth-order valence-electron chi connectivity index (χ4n) is 9.27. The molecule has 392 valence electrons. The molecule has 2 atom stereocenters. The number of allylic oxidation sites excluding steroid dienone is 10. The molecule has 3 N–H and O–H groups in total. The molecular formula is C63H117NO3. The summed E-state index contributed by atoms with van der Waals surface area (Å²) < 4.78 is 0. The molecule has 0 rings (SSSR count). The van der Waals surface area contributed by atoms with Crippen LogP contribution in [-0.2, 0) is 4.79 Å². The van der Waals surface area contributed by atoms with Crippen LogP contribution in [0, 0.1) is 0 Å². The second-order valence-electron chi connectivity index (χ2n) is 20.4. The number of unbranched alkanes of at least 4 members (excludes halogenated alkanes) is 38. The van der Waals surface area contributed by atoms with Crippen LogP contribution in [0.25, 0.3) is 0 Å². The molecule has 0 aromatic heterocycles. The molecule has 1 amide bonds. The van der Waals surface area contributed by atoms with Gasteiger partial charge in [0.15, 0.2) is 0 Å². The molecule has 0 aliphatic heterocycles. The van der Waals surface area contributed by atoms with E-state index in [-0.39, 0.29) is 12.5 Å². The van der Waals surface area contributed by atoms with Gasteiger partial charge in [-0.3, -0.25) is 4.79 Å². The van der Waals surface area contributed by atoms with Crippen molar-refractivity contribution in [1.82, 2.24) is 5.32 Å². The predicted molar refractivity (Wildman–Crippen MR) is 299 cm³/mol. The fraction of sp³-hybridized carbons (Fsp3) is 0.825. The first-order valence-corrected chi connectivity index (χ1v) is 30.0. The molecule has 0 aliphatic carbocycles. The monoisotopic (exact) mass is 936 g/mol. The average molecular weight is 937 g/mol. The molecule has 67 heavy (non-hydrogen) atoms. The van der Waals surface area contributed by atoms with E-state index in [0.29, 0.717) is 12.8 Å². The van der Waals surface area contributed by atoms with E-state index in [9.17, 15) is 15.0 Å². The molecule has 0 saturated heterocycles. The molecule has 0 aromatic rings. The summed E-state index contributed by atoms with van der Waals surface area (Å²) in [5.74, 6) is -0.0265. The summed E-state index contributed by atoms with van der Waals surface area (Å²) in [7, 11) is 0. The number of carbonyl (C=O) groups is 1. The summed E-state index contributed by atoms with van der Waals surface area (Å²) in [6.45, 7) is 4.26. The number of aliphatic hydroxyl groups excluding tert-OH is 2. The average Bonchev–Trinajstić information content (AvgIpc) is 3.33. The Morgan fingerprint density at radius 3 is 0.985 bits per heavy atom. The minimum atomic E-state index is -0.657. The first-order chi connectivity index (χ1) is 33.2. The van der Waals surface area contributed by atoms with E-state index < -0.39 is 12.1 Å². The second kappa shape index (κ2) is 58.4. The minimum absolute atomic E-state index is 0.0265. The second-order valence-corrected chi connectivity index (χ2v) is 20.4. The van der Waals surface area contributed by atoms with Crippen LogP contribution in [0.1, 0.15) is 316 Å². The lowest BCUT2D eigenvalue weighted by atomic mass is 10.0. The van der Waals surface area contributed by atoms with Crippen molar-refractivity contribution >= 4 is 5.91 Å². The van der Waals surface area contributed by atoms with Gasteiger partial charge in [0.05, 0.1) is 18.8 Å². The number of amides is 1. The van der Waals surface area contributed by atoms with Crippen molar-refractivity contribution in [3.63, 3.8) is 0 Å². The molecule has 0 aliphatic rings. The van der Waals surface area contributed by atoms with Crippen LogP contribution in [0.15, 0.2) is 60.8 Å². The van der Waals surface area contributed by atoms with Gasteiger partial charge in [-0.2, -0.15) is 0 Å². The Kier molecular flexibility index (Phi) is 56.7. The zero-order valence-corrected chi connectivity index (χ0v) is 45.2. The maximum absolute atomic E-state index is 12.5. The Hall–Kier alpha value is -1.91. The van der Waals surface area contributed by atoms with Gasteiger partial charge in [-0.25, -0.2) is 0 Å². The molecule has 0 spiro atoms. The predicted octanol–water partition coefficient (Wildman–Crippen LogP) is 20.0. The van der Waals surface area contributed by atoms with Gasteiger partial charge in [0.1, 0.15) is 0 Å². The van der Waals surface area contributed by atoms with Gasteiger partial charge in [0.25, 0.3) is 0 Å². The maximum Gasteiger partial charge on any atom is 0.220 e. The third kappa shape index (κ3) is 54.9. The lowest BCUT2D eigenvalue weighted by molar-refractivity contribution is -0.123. The van der Waals surface area contributed by atoms with Gasteiger partial charge in [-0.1, -0.05) is 312 Å². The van der Waals surface area contributed by atoms with E-state index in [1.54, 1.807) is 0 Å². The fourth-order valence-corrected chi connectivity index (χ4v) is 9.27. The molecular weight excluding hydrogens is 819 g/mol. The highest BCUT2D eigenvalue weighted by Gasteiger charge is 2.20. The van der Waals surface area contributed by atoms with Gasteiger partial charge in [-0.15, -0.1) is 0 Å². The summed E-state index contributed by atoms with van der Waals surface area (Å²) in [6, 6.07) is -0.534. The Labute approximate surface area is 419 Å². The van der Waals surface area contributed by atoms with E-state index >= 15 is 0 Å². The van der Waals surface area contributed by atoms with Crippen molar-refractivity contribution < 1.29 is 15.0 Å². The standard InChI is InChI=1S/C63H117NO3/c1-3-5-7-9-11-13-15-17-19-20-21-22-23-24-25-26-27-28-29-30-31-32-33-34-35-36-37-38-39-40-41-42-43-44-45-47-49-51-53-55-57-59-63(67)64-61(60-65)62(66)58-56-54-52-50-48-46-18-16-14-12-10-8-6-4-2/h5,7,11,13,17,19,21-22,24-25,61-62,65-66H,3-4,6,8-10,12,14-16,18,20,23,26-60H2,1-2H3,(H,64,67)/b7-5-,13-11-,19-17-,22-21-,25-24-. The van der Waals surface area contributed by atoms with E-state index in [1.807, 2.05) is 0 Å². The molecule has 0 fully saturated rings. The summed E-state index contributed by atoms with van der Waals surface area (Å²) in [6.07, 6.45) is 82.4. The summed E-state index contributed by atoms with van der Waals surface area (Å²) in [5, 5.41) is 23.3. The van der Waals surface area contributed by atoms with Gasteiger partial charge < -0.3 is 15.5 Å². The zero-order chi connectivity index (χ0) is 48.5. The van der Waals surface area contributed by atoms with Crippen LogP contribution >= 0.6 is 0 Å². The normalized spacial score (nSPS) is 13.2. The molecule has 4 nitrogen and oxygen atoms in total. The Bertz CT molecular complexity index is 1110. The minimum Gasteiger partial charge on any atom is -0.394 e. The molecule has 0 radical (unpaired) electrons. The van der Waals surface area contributed by atoms with Crippen molar-refractivity contribution in [2.75, 3.05) is 6.61 Å². The first kappa shape index (κ1) is 65.1. The Balaban J connectivity index is 3.37. The highest BCUT2D eigenvalue weighted by Crippen LogP contribution is 2.18. The number of hydrogen-bond acceptors (Lipinski definition) is 3. The van der Waals surface area contributed by atoms with Crippen molar-refractivity contribution in [3.05, 3.63) is 60.8 Å². The van der Waals surface area contributed by atoms with Crippen LogP contribution in [0.4, 0.5) is 0 Å². The lowest BCUT2D eigenvalue weighted by Crippen LogP contribution is -2.45. The van der Waals surface area contributed by atoms with E-state index in [1.165, 1.54) is 231 Å². The van der Waals surface area contributed by atoms with E-state index in [4.69, 9.17) is 0 Å². The maximum atomic E-state index is 12.5. The number of carbonyl (C=O) groups excluding carboxylic acids is 1. The molecule has 0 aromatic carbocycles. The number of rotatable bonds is 55. The SMILES string of the molecule is CC/C=C\C/C=C\C/C=C\C/C=C\C/C=C\CCCCCCCCCCCCCCCCCCCCCCCCCCCC(=O)NC(CO)C(O)CCCCCCCCCCCCCCCC. The van der Waals surface area contributed by atoms with Gasteiger partial charge in [-0.05, 0) is 57.8 Å². The van der Waals surface area contributed by atoms with Gasteiger partial charge in [0.2, 0.25) is 5.91 Å². The number of nitrogens with one attached hydrogen (secondary N) is 1. The van der Waals surface area contributed by atoms with Gasteiger partial charge >= 0.3 is 0 Å². The lowest BCUT2D eigenvalue weighted by Gasteiger charge is -2.22. The zero-order valence-electron chi connectivity index (χ0n) is 45.2. The largest absolute Gasteiger partial charge is 0.394 e. The molecule has 2 unspecified atom stereocenters. The third-order valence-corrected chi connectivity index (χ3v) is 13.8. The van der Waals surface area contributed by atoms with Crippen LogP contribution < -0.4 is 5.32 Å². The summed E-state index contributed by atoms with van der Waals surface area (Å²) in [4.78, 5) is 12.5. The Morgan fingerprint density at radius 1 is 0.373 bits per heavy atom. The van der Waals surface area contributed by atoms with Gasteiger partial charge in [0, 0.05) is 6.42 Å². The molecule has 0 heterocycles. The highest BCUT2D eigenvalue weighted by atomic mass is 16.3. The van der Waals surface area contributed by atoms with E-state index in [0.717, 1.165) is 57.8 Å². The summed E-state index contributed by atoms with van der Waals surface area (Å²) >= 11 is 0. The molecule has 0 bridgehead atoms. The Morgan fingerprint density at radius 2 is 0.657 bits per heavy atom. The topological polar surface area (TPSA) is 69.6 Å². The van der Waals surface area contributed by atoms with Crippen LogP contribution in [0.5, 0.6) is 0 Å². The third-order valence-electron chi connectivity index (χ3n) is 13.8. The van der Waals surface area contributed by atoms with Crippen molar-refractivity contribution in [3.8, 4) is 0 Å². The van der Waals surface area contributed by atoms with Crippen molar-refractivity contribution in [2.24, 2.45) is 0 Å². The smallest absolute Gasteiger partial charge is 0.220 e. The van der Waals surface area contributed by atoms with Crippen LogP contribution in [0.3, 0.4) is 0 Å². The van der Waals surface area contributed by atoms with Crippen LogP contribution in [-0.4, -0.2) is 34.9 Å². The number of hydrogen-bond donors (Lipinski definition) is 3. The number of aliphatic hydroxyl groups is 2. The molecule has 0 saturated carbocycles. The van der Waals surface area contributed by atoms with E-state index in [2.05, 4.69) is 79.9 Å². The van der Waals surface area contributed by atoms with Crippen LogP contribution in [0.2, 0.25) is 0 Å². The quantitative estimate of drug-likeness (QED) is 0.0420. The highest BCUT2D eigenvalue weighted by molar-refractivity contribution is 5.76. The molecule has 4 heteroatoms. The van der Waals surface area contributed by atoms with Crippen molar-refractivity contribution in [1.29, 1.82) is 0 Å².